The summed E-state index contributed by atoms with van der Waals surface area (Å²) in [4.78, 5) is 16.7. The Hall–Kier alpha value is -1.52. The van der Waals surface area contributed by atoms with Crippen molar-refractivity contribution in [3.63, 3.8) is 0 Å². The highest BCUT2D eigenvalue weighted by Crippen LogP contribution is 2.48. The second-order valence-corrected chi connectivity index (χ2v) is 5.64. The quantitative estimate of drug-likeness (QED) is 0.887. The number of carboxylic acids is 1. The summed E-state index contributed by atoms with van der Waals surface area (Å²) in [6, 6.07) is 0.412. The maximum Gasteiger partial charge on any atom is 0.357 e. The molecule has 5 heteroatoms. The lowest BCUT2D eigenvalue weighted by molar-refractivity contribution is 0.0690. The van der Waals surface area contributed by atoms with Crippen LogP contribution in [0.2, 0.25) is 0 Å². The molecule has 1 aromatic rings. The largest absolute Gasteiger partial charge is 0.476 e. The molecule has 3 rings (SSSR count). The van der Waals surface area contributed by atoms with Crippen LogP contribution in [0.4, 0.5) is 6.01 Å². The highest BCUT2D eigenvalue weighted by molar-refractivity contribution is 5.85. The minimum atomic E-state index is -1.04. The van der Waals surface area contributed by atoms with Crippen LogP contribution in [0.1, 0.15) is 36.2 Å². The molecule has 2 aliphatic carbocycles. The van der Waals surface area contributed by atoms with Crippen LogP contribution >= 0.6 is 0 Å². The lowest BCUT2D eigenvalue weighted by Gasteiger charge is -2.26. The van der Waals surface area contributed by atoms with E-state index in [9.17, 15) is 4.79 Å². The molecule has 0 aromatic carbocycles. The van der Waals surface area contributed by atoms with Gasteiger partial charge < -0.3 is 14.4 Å². The zero-order valence-corrected chi connectivity index (χ0v) is 10.5. The van der Waals surface area contributed by atoms with Gasteiger partial charge in [-0.1, -0.05) is 6.42 Å². The average molecular weight is 250 g/mol. The number of aromatic nitrogens is 1. The third-order valence-electron chi connectivity index (χ3n) is 4.43. The van der Waals surface area contributed by atoms with Crippen LogP contribution < -0.4 is 4.90 Å². The summed E-state index contributed by atoms with van der Waals surface area (Å²) in [7, 11) is 1.92. The fourth-order valence-electron chi connectivity index (χ4n) is 3.57. The van der Waals surface area contributed by atoms with Crippen LogP contribution in [0.5, 0.6) is 0 Å². The first-order valence-corrected chi connectivity index (χ1v) is 6.53. The normalized spacial score (nSPS) is 29.7. The van der Waals surface area contributed by atoms with E-state index in [2.05, 4.69) is 4.98 Å². The molecule has 2 aliphatic rings. The molecule has 18 heavy (non-hydrogen) atoms. The van der Waals surface area contributed by atoms with Crippen molar-refractivity contribution in [1.29, 1.82) is 0 Å². The third-order valence-corrected chi connectivity index (χ3v) is 4.43. The molecular weight excluding hydrogens is 232 g/mol. The maximum absolute atomic E-state index is 10.7. The van der Waals surface area contributed by atoms with E-state index in [0.717, 1.165) is 18.4 Å². The van der Waals surface area contributed by atoms with Gasteiger partial charge in [-0.05, 0) is 37.0 Å². The van der Waals surface area contributed by atoms with Crippen LogP contribution in [-0.2, 0) is 0 Å². The lowest BCUT2D eigenvalue weighted by atomic mass is 9.88. The molecule has 1 heterocycles. The van der Waals surface area contributed by atoms with Crippen molar-refractivity contribution in [2.75, 3.05) is 18.5 Å². The van der Waals surface area contributed by atoms with Gasteiger partial charge in [-0.25, -0.2) is 4.79 Å². The standard InChI is InChI=1S/C13H18N2O3/c1-15(13-14-11(7-18-13)12(16)17)6-10-5-8-2-3-9(10)4-8/h7-10H,2-6H2,1H3,(H,16,17). The number of hydrogen-bond acceptors (Lipinski definition) is 4. The van der Waals surface area contributed by atoms with Crippen LogP contribution in [0, 0.1) is 17.8 Å². The predicted octanol–water partition coefficient (Wildman–Crippen LogP) is 2.25. The Morgan fingerprint density at radius 1 is 1.56 bits per heavy atom. The molecule has 2 bridgehead atoms. The summed E-state index contributed by atoms with van der Waals surface area (Å²) < 4.78 is 5.21. The minimum Gasteiger partial charge on any atom is -0.476 e. The Balaban J connectivity index is 1.63. The number of hydrogen-bond donors (Lipinski definition) is 1. The van der Waals surface area contributed by atoms with Crippen LogP contribution in [0.25, 0.3) is 0 Å². The molecule has 1 N–H and O–H groups in total. The molecule has 0 saturated heterocycles. The first-order chi connectivity index (χ1) is 8.63. The number of rotatable bonds is 4. The van der Waals surface area contributed by atoms with E-state index in [1.807, 2.05) is 11.9 Å². The van der Waals surface area contributed by atoms with Crippen LogP contribution in [0.15, 0.2) is 10.7 Å². The van der Waals surface area contributed by atoms with Gasteiger partial charge in [-0.3, -0.25) is 0 Å². The van der Waals surface area contributed by atoms with Crippen molar-refractivity contribution in [3.05, 3.63) is 12.0 Å². The second kappa shape index (κ2) is 4.30. The Labute approximate surface area is 106 Å². The highest BCUT2D eigenvalue weighted by Gasteiger charge is 2.40. The van der Waals surface area contributed by atoms with Crippen molar-refractivity contribution >= 4 is 12.0 Å². The van der Waals surface area contributed by atoms with Crippen molar-refractivity contribution in [2.24, 2.45) is 17.8 Å². The van der Waals surface area contributed by atoms with E-state index >= 15 is 0 Å². The summed E-state index contributed by atoms with van der Waals surface area (Å²) >= 11 is 0. The fraction of sp³-hybridized carbons (Fsp3) is 0.692. The number of oxazole rings is 1. The van der Waals surface area contributed by atoms with E-state index in [0.29, 0.717) is 11.9 Å². The number of nitrogens with zero attached hydrogens (tertiary/aromatic N) is 2. The summed E-state index contributed by atoms with van der Waals surface area (Å²) in [6.07, 6.45) is 6.64. The zero-order valence-electron chi connectivity index (χ0n) is 10.5. The van der Waals surface area contributed by atoms with Gasteiger partial charge in [0.25, 0.3) is 6.01 Å². The van der Waals surface area contributed by atoms with E-state index in [4.69, 9.17) is 9.52 Å². The summed E-state index contributed by atoms with van der Waals surface area (Å²) in [5.74, 6) is 1.45. The van der Waals surface area contributed by atoms with Gasteiger partial charge in [-0.15, -0.1) is 0 Å². The molecule has 3 atom stereocenters. The Kier molecular flexibility index (Phi) is 2.76. The molecule has 0 spiro atoms. The van der Waals surface area contributed by atoms with Gasteiger partial charge >= 0.3 is 5.97 Å². The fourth-order valence-corrected chi connectivity index (χ4v) is 3.57. The highest BCUT2D eigenvalue weighted by atomic mass is 16.4. The van der Waals surface area contributed by atoms with Crippen molar-refractivity contribution < 1.29 is 14.3 Å². The minimum absolute atomic E-state index is 0.0233. The van der Waals surface area contributed by atoms with E-state index in [1.165, 1.54) is 31.9 Å². The first-order valence-electron chi connectivity index (χ1n) is 6.53. The predicted molar refractivity (Wildman–Crippen MR) is 65.7 cm³/mol. The second-order valence-electron chi connectivity index (χ2n) is 5.64. The monoisotopic (exact) mass is 250 g/mol. The third kappa shape index (κ3) is 1.98. The number of anilines is 1. The molecule has 2 saturated carbocycles. The molecule has 0 radical (unpaired) electrons. The molecule has 98 valence electrons. The SMILES string of the molecule is CN(CC1CC2CCC1C2)c1nc(C(=O)O)co1. The summed E-state index contributed by atoms with van der Waals surface area (Å²) in [5.41, 5.74) is -0.0233. The summed E-state index contributed by atoms with van der Waals surface area (Å²) in [6.45, 7) is 0.917. The Bertz CT molecular complexity index is 457. The maximum atomic E-state index is 10.7. The van der Waals surface area contributed by atoms with Crippen molar-refractivity contribution in [1.82, 2.24) is 4.98 Å². The van der Waals surface area contributed by atoms with E-state index in [-0.39, 0.29) is 5.69 Å². The van der Waals surface area contributed by atoms with Gasteiger partial charge in [0, 0.05) is 13.6 Å². The van der Waals surface area contributed by atoms with Crippen molar-refractivity contribution in [2.45, 2.75) is 25.7 Å². The van der Waals surface area contributed by atoms with Gasteiger partial charge in [0.2, 0.25) is 0 Å². The Morgan fingerprint density at radius 2 is 2.39 bits per heavy atom. The van der Waals surface area contributed by atoms with E-state index in [1.54, 1.807) is 0 Å². The summed E-state index contributed by atoms with van der Waals surface area (Å²) in [5, 5.41) is 8.81. The van der Waals surface area contributed by atoms with E-state index < -0.39 is 5.97 Å². The topological polar surface area (TPSA) is 66.6 Å². The van der Waals surface area contributed by atoms with Gasteiger partial charge in [0.15, 0.2) is 5.69 Å². The molecule has 2 fully saturated rings. The average Bonchev–Trinajstić information content (AvgIpc) is 3.04. The molecule has 1 aromatic heterocycles. The molecular formula is C13H18N2O3. The lowest BCUT2D eigenvalue weighted by Crippen LogP contribution is -2.28. The number of carbonyl (C=O) groups is 1. The molecule has 3 unspecified atom stereocenters. The number of fused-ring (bicyclic) bond motifs is 2. The molecule has 0 amide bonds. The zero-order chi connectivity index (χ0) is 12.7. The van der Waals surface area contributed by atoms with Gasteiger partial charge in [0.05, 0.1) is 0 Å². The van der Waals surface area contributed by atoms with Gasteiger partial charge in [0.1, 0.15) is 6.26 Å². The Morgan fingerprint density at radius 3 is 2.94 bits per heavy atom. The van der Waals surface area contributed by atoms with Crippen molar-refractivity contribution in [3.8, 4) is 0 Å². The molecule has 5 nitrogen and oxygen atoms in total. The van der Waals surface area contributed by atoms with Gasteiger partial charge in [-0.2, -0.15) is 4.98 Å². The molecule has 0 aliphatic heterocycles. The smallest absolute Gasteiger partial charge is 0.357 e. The first kappa shape index (κ1) is 11.6. The number of aromatic carboxylic acids is 1. The number of carboxylic acid groups (broad SMARTS) is 1. The van der Waals surface area contributed by atoms with Crippen LogP contribution in [0.3, 0.4) is 0 Å². The van der Waals surface area contributed by atoms with Crippen LogP contribution in [-0.4, -0.2) is 29.7 Å².